The van der Waals surface area contributed by atoms with Gasteiger partial charge in [-0.1, -0.05) is 13.8 Å². The Labute approximate surface area is 143 Å². The summed E-state index contributed by atoms with van der Waals surface area (Å²) in [5.41, 5.74) is -0.571. The number of hydrogen-bond donors (Lipinski definition) is 1. The van der Waals surface area contributed by atoms with E-state index in [0.717, 1.165) is 19.4 Å². The van der Waals surface area contributed by atoms with Gasteiger partial charge in [-0.2, -0.15) is 0 Å². The average Bonchev–Trinajstić information content (AvgIpc) is 3.09. The van der Waals surface area contributed by atoms with Gasteiger partial charge in [-0.3, -0.25) is 4.90 Å². The zero-order chi connectivity index (χ0) is 17.8. The maximum absolute atomic E-state index is 10.1. The molecule has 4 nitrogen and oxygen atoms in total. The van der Waals surface area contributed by atoms with E-state index in [2.05, 4.69) is 46.4 Å². The minimum absolute atomic E-state index is 0.0305. The molecule has 1 aliphatic heterocycles. The topological polar surface area (TPSA) is 41.7 Å². The highest BCUT2D eigenvalue weighted by Crippen LogP contribution is 2.27. The number of hydrogen-bond acceptors (Lipinski definition) is 4. The van der Waals surface area contributed by atoms with E-state index in [1.54, 1.807) is 0 Å². The van der Waals surface area contributed by atoms with E-state index < -0.39 is 11.7 Å². The predicted molar refractivity (Wildman–Crippen MR) is 95.8 cm³/mol. The lowest BCUT2D eigenvalue weighted by Gasteiger charge is -2.38. The van der Waals surface area contributed by atoms with Crippen LogP contribution in [0.2, 0.25) is 0 Å². The molecule has 1 rings (SSSR count). The lowest BCUT2D eigenvalue weighted by atomic mass is 9.95. The van der Waals surface area contributed by atoms with E-state index in [1.165, 1.54) is 0 Å². The van der Waals surface area contributed by atoms with Crippen LogP contribution in [0.4, 0.5) is 0 Å². The first-order chi connectivity index (χ1) is 10.4. The quantitative estimate of drug-likeness (QED) is 0.589. The zero-order valence-corrected chi connectivity index (χ0v) is 16.6. The maximum atomic E-state index is 10.1. The fourth-order valence-electron chi connectivity index (χ4n) is 2.61. The lowest BCUT2D eigenvalue weighted by molar-refractivity contribution is -0.177. The molecule has 0 bridgehead atoms. The number of rotatable bonds is 11. The Morgan fingerprint density at radius 2 is 1.74 bits per heavy atom. The molecule has 0 aromatic carbocycles. The van der Waals surface area contributed by atoms with Gasteiger partial charge in [0.15, 0.2) is 0 Å². The van der Waals surface area contributed by atoms with Crippen LogP contribution in [-0.4, -0.2) is 59.2 Å². The summed E-state index contributed by atoms with van der Waals surface area (Å²) in [6.45, 7) is 19.3. The van der Waals surface area contributed by atoms with Crippen LogP contribution in [0.1, 0.15) is 68.2 Å². The minimum Gasteiger partial charge on any atom is -0.389 e. The van der Waals surface area contributed by atoms with Gasteiger partial charge in [0.05, 0.1) is 30.0 Å². The van der Waals surface area contributed by atoms with Crippen LogP contribution in [0.15, 0.2) is 0 Å². The van der Waals surface area contributed by atoms with Crippen molar-refractivity contribution in [2.75, 3.05) is 19.7 Å². The molecule has 23 heavy (non-hydrogen) atoms. The number of aliphatic hydroxyl groups is 1. The molecule has 1 heterocycles. The smallest absolute Gasteiger partial charge is 0.0900 e. The largest absolute Gasteiger partial charge is 0.389 e. The van der Waals surface area contributed by atoms with E-state index in [1.807, 2.05) is 13.8 Å². The first kappa shape index (κ1) is 20.9. The molecule has 1 saturated heterocycles. The first-order valence-corrected chi connectivity index (χ1v) is 9.17. The molecule has 4 unspecified atom stereocenters. The molecule has 138 valence electrons. The Kier molecular flexibility index (Phi) is 7.52. The van der Waals surface area contributed by atoms with Gasteiger partial charge in [-0.25, -0.2) is 0 Å². The van der Waals surface area contributed by atoms with Crippen molar-refractivity contribution in [3.05, 3.63) is 0 Å². The summed E-state index contributed by atoms with van der Waals surface area (Å²) < 4.78 is 12.3. The van der Waals surface area contributed by atoms with Crippen molar-refractivity contribution in [2.45, 2.75) is 97.7 Å². The van der Waals surface area contributed by atoms with Gasteiger partial charge >= 0.3 is 0 Å². The highest BCUT2D eigenvalue weighted by Gasteiger charge is 2.35. The lowest BCUT2D eigenvalue weighted by Crippen LogP contribution is -2.45. The Hall–Kier alpha value is -0.160. The Morgan fingerprint density at radius 3 is 2.22 bits per heavy atom. The molecular formula is C19H39NO3. The van der Waals surface area contributed by atoms with E-state index in [4.69, 9.17) is 9.47 Å². The van der Waals surface area contributed by atoms with Crippen molar-refractivity contribution in [1.82, 2.24) is 4.90 Å². The van der Waals surface area contributed by atoms with Gasteiger partial charge in [-0.15, -0.1) is 0 Å². The maximum Gasteiger partial charge on any atom is 0.0900 e. The summed E-state index contributed by atoms with van der Waals surface area (Å²) >= 11 is 0. The van der Waals surface area contributed by atoms with Gasteiger partial charge in [0.2, 0.25) is 0 Å². The van der Waals surface area contributed by atoms with Crippen LogP contribution in [-0.2, 0) is 9.47 Å². The first-order valence-electron chi connectivity index (χ1n) is 9.17. The van der Waals surface area contributed by atoms with Gasteiger partial charge in [0.25, 0.3) is 0 Å². The summed E-state index contributed by atoms with van der Waals surface area (Å²) in [6.07, 6.45) is 1.74. The van der Waals surface area contributed by atoms with E-state index in [9.17, 15) is 5.11 Å². The fourth-order valence-corrected chi connectivity index (χ4v) is 2.61. The van der Waals surface area contributed by atoms with Crippen LogP contribution >= 0.6 is 0 Å². The third-order valence-electron chi connectivity index (χ3n) is 4.88. The second-order valence-corrected chi connectivity index (χ2v) is 8.82. The zero-order valence-electron chi connectivity index (χ0n) is 16.6. The van der Waals surface area contributed by atoms with Crippen LogP contribution in [0, 0.1) is 5.92 Å². The monoisotopic (exact) mass is 329 g/mol. The molecule has 4 atom stereocenters. The van der Waals surface area contributed by atoms with Crippen LogP contribution in [0.25, 0.3) is 0 Å². The summed E-state index contributed by atoms with van der Waals surface area (Å²) in [4.78, 5) is 2.25. The third kappa shape index (κ3) is 7.97. The summed E-state index contributed by atoms with van der Waals surface area (Å²) in [5.74, 6) is 0.687. The Balaban J connectivity index is 2.37. The third-order valence-corrected chi connectivity index (χ3v) is 4.88. The molecule has 0 aromatic heterocycles. The Morgan fingerprint density at radius 1 is 1.17 bits per heavy atom. The summed E-state index contributed by atoms with van der Waals surface area (Å²) in [5, 5.41) is 10.1. The highest BCUT2D eigenvalue weighted by molar-refractivity contribution is 4.87. The Bertz CT molecular complexity index is 355. The van der Waals surface area contributed by atoms with Gasteiger partial charge in [0.1, 0.15) is 0 Å². The van der Waals surface area contributed by atoms with Crippen molar-refractivity contribution in [1.29, 1.82) is 0 Å². The second-order valence-electron chi connectivity index (χ2n) is 8.82. The van der Waals surface area contributed by atoms with Gasteiger partial charge < -0.3 is 14.6 Å². The normalized spacial score (nSPS) is 24.8. The average molecular weight is 330 g/mol. The van der Waals surface area contributed by atoms with Crippen molar-refractivity contribution < 1.29 is 14.6 Å². The number of aliphatic hydroxyl groups excluding tert-OH is 1. The van der Waals surface area contributed by atoms with Crippen LogP contribution < -0.4 is 0 Å². The standard InChI is InChI=1S/C19H39NO3/c1-14(2)9-10-18(5,6)23-16(4)19(7,8)22-13-17(21)12-20-11-15(20)3/h14-17,21H,9-13H2,1-8H3. The van der Waals surface area contributed by atoms with Crippen LogP contribution in [0.3, 0.4) is 0 Å². The molecule has 0 radical (unpaired) electrons. The second kappa shape index (κ2) is 8.28. The molecule has 0 aromatic rings. The number of β-amino-alcohol motifs (C(OH)–C–C–N with tert-alkyl or cyclic N) is 1. The molecule has 1 fully saturated rings. The predicted octanol–water partition coefficient (Wildman–Crippen LogP) is 3.47. The molecule has 0 amide bonds. The van der Waals surface area contributed by atoms with Crippen molar-refractivity contribution in [3.63, 3.8) is 0 Å². The number of ether oxygens (including phenoxy) is 2. The molecule has 0 saturated carbocycles. The SMILES string of the molecule is CC(C)CCC(C)(C)OC(C)C(C)(C)OCC(O)CN1CC1C. The van der Waals surface area contributed by atoms with Crippen molar-refractivity contribution >= 4 is 0 Å². The van der Waals surface area contributed by atoms with E-state index >= 15 is 0 Å². The molecule has 1 N–H and O–H groups in total. The fraction of sp³-hybridized carbons (Fsp3) is 1.00. The van der Waals surface area contributed by atoms with E-state index in [0.29, 0.717) is 25.1 Å². The van der Waals surface area contributed by atoms with Crippen LogP contribution in [0.5, 0.6) is 0 Å². The highest BCUT2D eigenvalue weighted by atomic mass is 16.6. The summed E-state index contributed by atoms with van der Waals surface area (Å²) in [6, 6.07) is 0.613. The summed E-state index contributed by atoms with van der Waals surface area (Å²) in [7, 11) is 0. The molecule has 0 aliphatic carbocycles. The molecule has 4 heteroatoms. The molecule has 0 spiro atoms. The van der Waals surface area contributed by atoms with E-state index in [-0.39, 0.29) is 11.7 Å². The van der Waals surface area contributed by atoms with Gasteiger partial charge in [-0.05, 0) is 60.3 Å². The molecular weight excluding hydrogens is 290 g/mol. The molecule has 1 aliphatic rings. The van der Waals surface area contributed by atoms with Crippen molar-refractivity contribution in [3.8, 4) is 0 Å². The minimum atomic E-state index is -0.430. The van der Waals surface area contributed by atoms with Gasteiger partial charge in [0, 0.05) is 19.1 Å². The van der Waals surface area contributed by atoms with Crippen molar-refractivity contribution in [2.24, 2.45) is 5.92 Å². The number of nitrogens with zero attached hydrogens (tertiary/aromatic N) is 1.